The van der Waals surface area contributed by atoms with Crippen LogP contribution in [0.1, 0.15) is 0 Å². The molecule has 0 spiro atoms. The van der Waals surface area contributed by atoms with Gasteiger partial charge in [-0.3, -0.25) is 14.9 Å². The lowest BCUT2D eigenvalue weighted by Gasteiger charge is -2.11. The molecule has 0 heterocycles. The number of likely N-dealkylation sites (N-methyl/N-ethyl adjacent to an activating group) is 1. The van der Waals surface area contributed by atoms with Crippen LogP contribution in [0, 0.1) is 10.1 Å². The van der Waals surface area contributed by atoms with Crippen molar-refractivity contribution in [1.82, 2.24) is 4.90 Å². The second kappa shape index (κ2) is 5.62. The van der Waals surface area contributed by atoms with E-state index in [1.807, 2.05) is 0 Å². The quantitative estimate of drug-likeness (QED) is 0.628. The molecule has 7 heteroatoms. The average Bonchev–Trinajstić information content (AvgIpc) is 2.25. The average molecular weight is 303 g/mol. The molecule has 0 N–H and O–H groups in total. The molecule has 92 valence electrons. The van der Waals surface area contributed by atoms with Gasteiger partial charge in [-0.2, -0.15) is 0 Å². The van der Waals surface area contributed by atoms with Crippen molar-refractivity contribution in [2.45, 2.75) is 0 Å². The highest BCUT2D eigenvalue weighted by Crippen LogP contribution is 2.29. The molecule has 0 unspecified atom stereocenters. The summed E-state index contributed by atoms with van der Waals surface area (Å²) in [6, 6.07) is 4.32. The molecule has 0 saturated heterocycles. The zero-order chi connectivity index (χ0) is 13.0. The van der Waals surface area contributed by atoms with Gasteiger partial charge in [0.15, 0.2) is 12.4 Å². The Labute approximate surface area is 106 Å². The zero-order valence-corrected chi connectivity index (χ0v) is 10.9. The normalized spacial score (nSPS) is 9.82. The third kappa shape index (κ3) is 3.70. The summed E-state index contributed by atoms with van der Waals surface area (Å²) < 4.78 is 5.79. The van der Waals surface area contributed by atoms with E-state index in [-0.39, 0.29) is 24.0 Å². The molecule has 0 aliphatic rings. The number of nitrogens with zero attached hydrogens (tertiary/aromatic N) is 2. The maximum Gasteiger partial charge on any atom is 0.311 e. The summed E-state index contributed by atoms with van der Waals surface area (Å²) in [6.07, 6.45) is 0. The monoisotopic (exact) mass is 302 g/mol. The standard InChI is InChI=1S/C10H11BrN2O4/c1-12(2)10(14)6-17-9-5-7(11)3-4-8(9)13(15)16/h3-5H,6H2,1-2H3. The molecular formula is C10H11BrN2O4. The van der Waals surface area contributed by atoms with Gasteiger partial charge in [0.2, 0.25) is 0 Å². The second-order valence-electron chi connectivity index (χ2n) is 3.45. The maximum absolute atomic E-state index is 11.3. The third-order valence-electron chi connectivity index (χ3n) is 1.97. The van der Waals surface area contributed by atoms with Crippen LogP contribution in [-0.4, -0.2) is 36.4 Å². The Hall–Kier alpha value is -1.63. The molecule has 1 aromatic carbocycles. The Morgan fingerprint density at radius 2 is 2.18 bits per heavy atom. The minimum Gasteiger partial charge on any atom is -0.477 e. The Bertz CT molecular complexity index is 448. The summed E-state index contributed by atoms with van der Waals surface area (Å²) in [5.41, 5.74) is -0.167. The number of hydrogen-bond donors (Lipinski definition) is 0. The smallest absolute Gasteiger partial charge is 0.311 e. The van der Waals surface area contributed by atoms with Crippen LogP contribution in [0.4, 0.5) is 5.69 Å². The fourth-order valence-corrected chi connectivity index (χ4v) is 1.36. The molecule has 17 heavy (non-hydrogen) atoms. The van der Waals surface area contributed by atoms with Crippen LogP contribution >= 0.6 is 15.9 Å². The van der Waals surface area contributed by atoms with Crippen molar-refractivity contribution in [2.75, 3.05) is 20.7 Å². The van der Waals surface area contributed by atoms with Crippen molar-refractivity contribution < 1.29 is 14.5 Å². The Kier molecular flexibility index (Phi) is 4.45. The van der Waals surface area contributed by atoms with Gasteiger partial charge in [0.25, 0.3) is 5.91 Å². The summed E-state index contributed by atoms with van der Waals surface area (Å²) >= 11 is 3.18. The number of ether oxygens (including phenoxy) is 1. The lowest BCUT2D eigenvalue weighted by molar-refractivity contribution is -0.385. The van der Waals surface area contributed by atoms with E-state index < -0.39 is 4.92 Å². The lowest BCUT2D eigenvalue weighted by Crippen LogP contribution is -2.27. The molecule has 0 aromatic heterocycles. The van der Waals surface area contributed by atoms with Crippen LogP contribution in [0.15, 0.2) is 22.7 Å². The van der Waals surface area contributed by atoms with Gasteiger partial charge in [0.05, 0.1) is 4.92 Å². The highest BCUT2D eigenvalue weighted by Gasteiger charge is 2.16. The first-order valence-corrected chi connectivity index (χ1v) is 5.48. The summed E-state index contributed by atoms with van der Waals surface area (Å²) in [7, 11) is 3.17. The van der Waals surface area contributed by atoms with Gasteiger partial charge in [-0.15, -0.1) is 0 Å². The molecular weight excluding hydrogens is 292 g/mol. The Morgan fingerprint density at radius 3 is 2.71 bits per heavy atom. The van der Waals surface area contributed by atoms with Gasteiger partial charge in [-0.25, -0.2) is 0 Å². The number of nitro groups is 1. The number of hydrogen-bond acceptors (Lipinski definition) is 4. The first kappa shape index (κ1) is 13.4. The number of benzene rings is 1. The van der Waals surface area contributed by atoms with Gasteiger partial charge in [0.1, 0.15) is 0 Å². The van der Waals surface area contributed by atoms with Gasteiger partial charge in [-0.05, 0) is 6.07 Å². The molecule has 0 saturated carbocycles. The fraction of sp³-hybridized carbons (Fsp3) is 0.300. The number of carbonyl (C=O) groups is 1. The molecule has 0 radical (unpaired) electrons. The van der Waals surface area contributed by atoms with E-state index in [1.165, 1.54) is 17.0 Å². The minimum atomic E-state index is -0.554. The first-order chi connectivity index (χ1) is 7.91. The second-order valence-corrected chi connectivity index (χ2v) is 4.36. The molecule has 1 amide bonds. The first-order valence-electron chi connectivity index (χ1n) is 4.68. The summed E-state index contributed by atoms with van der Waals surface area (Å²) in [5.74, 6) is -0.196. The topological polar surface area (TPSA) is 72.7 Å². The molecule has 6 nitrogen and oxygen atoms in total. The number of rotatable bonds is 4. The van der Waals surface area contributed by atoms with Gasteiger partial charge in [-0.1, -0.05) is 15.9 Å². The predicted octanol–water partition coefficient (Wildman–Crippen LogP) is 1.82. The molecule has 0 aliphatic carbocycles. The molecule has 1 rings (SSSR count). The van der Waals surface area contributed by atoms with Gasteiger partial charge < -0.3 is 9.64 Å². The Morgan fingerprint density at radius 1 is 1.53 bits per heavy atom. The largest absolute Gasteiger partial charge is 0.477 e. The van der Waals surface area contributed by atoms with Crippen molar-refractivity contribution in [2.24, 2.45) is 0 Å². The van der Waals surface area contributed by atoms with E-state index in [2.05, 4.69) is 15.9 Å². The van der Waals surface area contributed by atoms with Crippen molar-refractivity contribution >= 4 is 27.5 Å². The molecule has 0 atom stereocenters. The third-order valence-corrected chi connectivity index (χ3v) is 2.46. The number of amides is 1. The van der Waals surface area contributed by atoms with Crippen molar-refractivity contribution in [3.63, 3.8) is 0 Å². The number of carbonyl (C=O) groups excluding carboxylic acids is 1. The van der Waals surface area contributed by atoms with E-state index >= 15 is 0 Å². The number of halogens is 1. The SMILES string of the molecule is CN(C)C(=O)COc1cc(Br)ccc1[N+](=O)[O-]. The van der Waals surface area contributed by atoms with Crippen molar-refractivity contribution in [3.05, 3.63) is 32.8 Å². The summed E-state index contributed by atoms with van der Waals surface area (Å²) in [6.45, 7) is -0.232. The highest BCUT2D eigenvalue weighted by molar-refractivity contribution is 9.10. The van der Waals surface area contributed by atoms with Crippen LogP contribution in [-0.2, 0) is 4.79 Å². The maximum atomic E-state index is 11.3. The van der Waals surface area contributed by atoms with Crippen LogP contribution in [0.5, 0.6) is 5.75 Å². The minimum absolute atomic E-state index is 0.0691. The molecule has 0 bridgehead atoms. The van der Waals surface area contributed by atoms with Crippen LogP contribution in [0.25, 0.3) is 0 Å². The fourth-order valence-electron chi connectivity index (χ4n) is 1.02. The predicted molar refractivity (Wildman–Crippen MR) is 65.0 cm³/mol. The van der Waals surface area contributed by atoms with E-state index in [0.717, 1.165) is 0 Å². The number of nitro benzene ring substituents is 1. The van der Waals surface area contributed by atoms with E-state index in [0.29, 0.717) is 4.47 Å². The summed E-state index contributed by atoms with van der Waals surface area (Å²) in [5, 5.41) is 10.7. The van der Waals surface area contributed by atoms with Crippen LogP contribution < -0.4 is 4.74 Å². The molecule has 0 aliphatic heterocycles. The van der Waals surface area contributed by atoms with E-state index in [1.54, 1.807) is 20.2 Å². The molecule has 0 fully saturated rings. The zero-order valence-electron chi connectivity index (χ0n) is 9.34. The van der Waals surface area contributed by atoms with Crippen molar-refractivity contribution in [3.8, 4) is 5.75 Å². The van der Waals surface area contributed by atoms with Gasteiger partial charge >= 0.3 is 5.69 Å². The van der Waals surface area contributed by atoms with E-state index in [9.17, 15) is 14.9 Å². The van der Waals surface area contributed by atoms with Crippen LogP contribution in [0.2, 0.25) is 0 Å². The van der Waals surface area contributed by atoms with Crippen molar-refractivity contribution in [1.29, 1.82) is 0 Å². The Balaban J connectivity index is 2.86. The van der Waals surface area contributed by atoms with Gasteiger partial charge in [0, 0.05) is 30.7 Å². The lowest BCUT2D eigenvalue weighted by atomic mass is 10.3. The highest BCUT2D eigenvalue weighted by atomic mass is 79.9. The van der Waals surface area contributed by atoms with E-state index in [4.69, 9.17) is 4.74 Å². The molecule has 1 aromatic rings. The van der Waals surface area contributed by atoms with Crippen LogP contribution in [0.3, 0.4) is 0 Å². The summed E-state index contributed by atoms with van der Waals surface area (Å²) in [4.78, 5) is 22.8.